The first-order valence-electron chi connectivity index (χ1n) is 9.62. The summed E-state index contributed by atoms with van der Waals surface area (Å²) in [5, 5.41) is 21.9. The lowest BCUT2D eigenvalue weighted by Crippen LogP contribution is -2.13. The van der Waals surface area contributed by atoms with Crippen molar-refractivity contribution in [2.75, 3.05) is 12.4 Å². The van der Waals surface area contributed by atoms with Gasteiger partial charge >= 0.3 is 0 Å². The zero-order valence-corrected chi connectivity index (χ0v) is 19.8. The molecular formula is C25H17BrClN3O3. The van der Waals surface area contributed by atoms with E-state index in [0.29, 0.717) is 37.8 Å². The molecule has 0 unspecified atom stereocenters. The fourth-order valence-electron chi connectivity index (χ4n) is 2.95. The molecule has 6 nitrogen and oxygen atoms in total. The molecule has 0 aliphatic carbocycles. The molecule has 3 aromatic carbocycles. The topological polar surface area (TPSA) is 95.1 Å². The maximum atomic E-state index is 12.5. The largest absolute Gasteiger partial charge is 0.493 e. The highest BCUT2D eigenvalue weighted by atomic mass is 79.9. The molecule has 3 rings (SSSR count). The summed E-state index contributed by atoms with van der Waals surface area (Å²) in [6, 6.07) is 21.2. The first-order chi connectivity index (χ1) is 15.9. The number of benzene rings is 3. The minimum atomic E-state index is -0.566. The van der Waals surface area contributed by atoms with Crippen LogP contribution >= 0.6 is 27.5 Å². The number of nitrogens with zero attached hydrogens (tertiary/aromatic N) is 2. The molecule has 0 aliphatic rings. The number of hydrogen-bond donors (Lipinski definition) is 1. The predicted octanol–water partition coefficient (Wildman–Crippen LogP) is 6.11. The highest BCUT2D eigenvalue weighted by Gasteiger charge is 2.15. The van der Waals surface area contributed by atoms with Gasteiger partial charge in [-0.1, -0.05) is 35.9 Å². The van der Waals surface area contributed by atoms with Gasteiger partial charge in [-0.25, -0.2) is 0 Å². The summed E-state index contributed by atoms with van der Waals surface area (Å²) in [6.45, 7) is 0.166. The van der Waals surface area contributed by atoms with Crippen LogP contribution in [0.5, 0.6) is 11.5 Å². The van der Waals surface area contributed by atoms with Crippen molar-refractivity contribution in [3.63, 3.8) is 0 Å². The van der Waals surface area contributed by atoms with Gasteiger partial charge in [0.15, 0.2) is 11.5 Å². The first-order valence-corrected chi connectivity index (χ1v) is 10.8. The Kier molecular flexibility index (Phi) is 8.10. The monoisotopic (exact) mass is 521 g/mol. The predicted molar refractivity (Wildman–Crippen MR) is 130 cm³/mol. The van der Waals surface area contributed by atoms with Crippen molar-refractivity contribution in [2.24, 2.45) is 0 Å². The van der Waals surface area contributed by atoms with Crippen LogP contribution in [0.15, 0.2) is 70.7 Å². The second-order valence-corrected chi connectivity index (χ2v) is 8.02. The average molecular weight is 523 g/mol. The first kappa shape index (κ1) is 23.9. The number of nitrogens with one attached hydrogen (secondary N) is 1. The average Bonchev–Trinajstić information content (AvgIpc) is 2.81. The van der Waals surface area contributed by atoms with Crippen LogP contribution in [0.3, 0.4) is 0 Å². The Hall–Kier alpha value is -3.78. The van der Waals surface area contributed by atoms with E-state index in [9.17, 15) is 15.3 Å². The summed E-state index contributed by atoms with van der Waals surface area (Å²) in [5.74, 6) is 0.269. The number of halogens is 2. The number of carbonyl (C=O) groups excluding carboxylic acids is 1. The van der Waals surface area contributed by atoms with Gasteiger partial charge in [-0.2, -0.15) is 10.5 Å². The quantitative estimate of drug-likeness (QED) is 0.298. The van der Waals surface area contributed by atoms with Gasteiger partial charge in [0.25, 0.3) is 5.91 Å². The Morgan fingerprint density at radius 1 is 1.15 bits per heavy atom. The zero-order chi connectivity index (χ0) is 23.8. The van der Waals surface area contributed by atoms with E-state index in [4.69, 9.17) is 21.1 Å². The number of rotatable bonds is 7. The molecule has 0 aliphatic heterocycles. The molecule has 1 amide bonds. The number of methoxy groups -OCH3 is 1. The highest BCUT2D eigenvalue weighted by Crippen LogP contribution is 2.38. The summed E-state index contributed by atoms with van der Waals surface area (Å²) < 4.78 is 11.9. The molecule has 0 spiro atoms. The Morgan fingerprint density at radius 3 is 2.64 bits per heavy atom. The van der Waals surface area contributed by atoms with E-state index >= 15 is 0 Å². The Balaban J connectivity index is 1.84. The number of ether oxygens (including phenoxy) is 2. The third kappa shape index (κ3) is 6.14. The van der Waals surface area contributed by atoms with Crippen LogP contribution in [0.25, 0.3) is 6.08 Å². The van der Waals surface area contributed by atoms with Crippen LogP contribution in [0.2, 0.25) is 5.02 Å². The number of nitriles is 2. The molecule has 33 heavy (non-hydrogen) atoms. The van der Waals surface area contributed by atoms with E-state index in [0.717, 1.165) is 5.56 Å². The normalized spacial score (nSPS) is 10.6. The fraction of sp³-hybridized carbons (Fsp3) is 0.0800. The van der Waals surface area contributed by atoms with Crippen LogP contribution in [0, 0.1) is 22.7 Å². The highest BCUT2D eigenvalue weighted by molar-refractivity contribution is 9.10. The van der Waals surface area contributed by atoms with Crippen molar-refractivity contribution < 1.29 is 14.3 Å². The Labute approximate surface area is 204 Å². The maximum absolute atomic E-state index is 12.5. The molecule has 0 fully saturated rings. The van der Waals surface area contributed by atoms with Crippen molar-refractivity contribution in [1.29, 1.82) is 10.5 Å². The van der Waals surface area contributed by atoms with Crippen LogP contribution < -0.4 is 14.8 Å². The molecule has 164 valence electrons. The summed E-state index contributed by atoms with van der Waals surface area (Å²) in [4.78, 5) is 12.5. The molecular weight excluding hydrogens is 506 g/mol. The minimum absolute atomic E-state index is 0.0967. The van der Waals surface area contributed by atoms with Crippen LogP contribution in [0.1, 0.15) is 16.7 Å². The van der Waals surface area contributed by atoms with E-state index in [1.807, 2.05) is 18.2 Å². The summed E-state index contributed by atoms with van der Waals surface area (Å²) in [5.41, 5.74) is 2.20. The molecule has 1 N–H and O–H groups in total. The van der Waals surface area contributed by atoms with E-state index < -0.39 is 5.91 Å². The summed E-state index contributed by atoms with van der Waals surface area (Å²) in [7, 11) is 1.49. The smallest absolute Gasteiger partial charge is 0.266 e. The molecule has 0 bridgehead atoms. The van der Waals surface area contributed by atoms with Gasteiger partial charge in [-0.3, -0.25) is 4.79 Å². The summed E-state index contributed by atoms with van der Waals surface area (Å²) >= 11 is 9.40. The lowest BCUT2D eigenvalue weighted by Gasteiger charge is -2.14. The van der Waals surface area contributed by atoms with E-state index in [2.05, 4.69) is 27.3 Å². The van der Waals surface area contributed by atoms with Crippen molar-refractivity contribution in [3.8, 4) is 23.6 Å². The zero-order valence-electron chi connectivity index (χ0n) is 17.4. The van der Waals surface area contributed by atoms with E-state index in [1.54, 1.807) is 48.5 Å². The number of hydrogen-bond acceptors (Lipinski definition) is 5. The van der Waals surface area contributed by atoms with Crippen LogP contribution in [-0.2, 0) is 11.4 Å². The van der Waals surface area contributed by atoms with Gasteiger partial charge < -0.3 is 14.8 Å². The Morgan fingerprint density at radius 2 is 1.94 bits per heavy atom. The second-order valence-electron chi connectivity index (χ2n) is 6.73. The number of amides is 1. The number of anilines is 1. The van der Waals surface area contributed by atoms with Crippen molar-refractivity contribution in [2.45, 2.75) is 6.61 Å². The molecule has 0 saturated heterocycles. The third-order valence-corrected chi connectivity index (χ3v) is 5.34. The maximum Gasteiger partial charge on any atom is 0.266 e. The molecule has 0 radical (unpaired) electrons. The standard InChI is InChI=1S/C25H17BrClN3O3/c1-32-23-11-16(9-19(14-29)25(31)30-21-8-4-7-20(27)12-21)10-22(26)24(23)33-15-18-6-3-2-5-17(18)13-28/h2-12H,15H2,1H3,(H,30,31)/b19-9+. The molecule has 0 heterocycles. The molecule has 0 saturated carbocycles. The van der Waals surface area contributed by atoms with Gasteiger partial charge in [-0.15, -0.1) is 0 Å². The van der Waals surface area contributed by atoms with Crippen LogP contribution in [0.4, 0.5) is 5.69 Å². The fourth-order valence-corrected chi connectivity index (χ4v) is 3.71. The van der Waals surface area contributed by atoms with Gasteiger partial charge in [0, 0.05) is 16.3 Å². The van der Waals surface area contributed by atoms with Gasteiger partial charge in [-0.05, 0) is 64.0 Å². The van der Waals surface area contributed by atoms with Crippen molar-refractivity contribution >= 4 is 45.2 Å². The lowest BCUT2D eigenvalue weighted by molar-refractivity contribution is -0.112. The number of carbonyl (C=O) groups is 1. The lowest BCUT2D eigenvalue weighted by atomic mass is 10.1. The van der Waals surface area contributed by atoms with E-state index in [1.165, 1.54) is 13.2 Å². The van der Waals surface area contributed by atoms with Crippen LogP contribution in [-0.4, -0.2) is 13.0 Å². The summed E-state index contributed by atoms with van der Waals surface area (Å²) in [6.07, 6.45) is 1.45. The SMILES string of the molecule is COc1cc(/C=C(\C#N)C(=O)Nc2cccc(Cl)c2)cc(Br)c1OCc1ccccc1C#N. The third-order valence-electron chi connectivity index (χ3n) is 4.52. The molecule has 0 aromatic heterocycles. The van der Waals surface area contributed by atoms with Gasteiger partial charge in [0.1, 0.15) is 18.2 Å². The van der Waals surface area contributed by atoms with Gasteiger partial charge in [0.05, 0.1) is 23.2 Å². The molecule has 0 atom stereocenters. The van der Waals surface area contributed by atoms with Crippen molar-refractivity contribution in [3.05, 3.63) is 92.4 Å². The second kappa shape index (κ2) is 11.2. The Bertz CT molecular complexity index is 1310. The van der Waals surface area contributed by atoms with Gasteiger partial charge in [0.2, 0.25) is 0 Å². The van der Waals surface area contributed by atoms with E-state index in [-0.39, 0.29) is 12.2 Å². The molecule has 8 heteroatoms. The minimum Gasteiger partial charge on any atom is -0.493 e. The molecule has 3 aromatic rings. The van der Waals surface area contributed by atoms with Crippen molar-refractivity contribution in [1.82, 2.24) is 0 Å².